The molecule has 0 saturated heterocycles. The molecule has 606 valence electrons. The number of Topliss-reactive ketones (excluding diaryl/α,β-unsaturated/α-hetero) is 1. The van der Waals surface area contributed by atoms with Crippen LogP contribution in [0, 0.1) is 35.2 Å². The molecule has 12 nitrogen and oxygen atoms in total. The second-order valence-electron chi connectivity index (χ2n) is 25.5. The van der Waals surface area contributed by atoms with Crippen molar-refractivity contribution in [1.29, 1.82) is 0 Å². The number of carboxylic acids is 1. The predicted molar refractivity (Wildman–Crippen MR) is 389 cm³/mol. The van der Waals surface area contributed by atoms with Crippen LogP contribution in [0.2, 0.25) is 0 Å². The van der Waals surface area contributed by atoms with Crippen LogP contribution < -0.4 is 20.4 Å². The Bertz CT molecular complexity index is 4660. The molecule has 0 spiro atoms. The molecule has 113 heavy (non-hydrogen) atoms. The summed E-state index contributed by atoms with van der Waals surface area (Å²) in [5.74, 6) is -6.07. The first-order valence-electron chi connectivity index (χ1n) is 32.8. The Labute approximate surface area is 662 Å². The van der Waals surface area contributed by atoms with Gasteiger partial charge in [-0.05, 0) is 199 Å². The van der Waals surface area contributed by atoms with E-state index in [4.69, 9.17) is 26.7 Å². The number of carboxylic acid groups (broad SMARTS) is 1. The first-order chi connectivity index (χ1) is 52.4. The van der Waals surface area contributed by atoms with Crippen LogP contribution in [-0.2, 0) is 39.3 Å². The van der Waals surface area contributed by atoms with Crippen LogP contribution in [0.1, 0.15) is 135 Å². The molecule has 0 aromatic heterocycles. The number of hydrogen-bond donors (Lipinski definition) is 2. The molecule has 0 radical (unpaired) electrons. The molecule has 0 aliphatic heterocycles. The standard InChI is InChI=1S/C29H19BrF11NO2.C18H15ClFNO2.C18H16FNO3.C10H7BrF7N.Cl2OS/c30-21-12-17(26(32,28(36,37)38)29(39,40)41)11-20(27(33,34)35)19(21)13-23(43)18-7-4-8-22(24(18)31)42(14-15-9-10-15)25(44)16-5-2-1-3-6-16;19-17(22)14-7-4-8-15(16(14)20)21(11-12-9-10-12)18(23)13-5-2-1-3-6-13;19-16-14(18(22)23)7-4-8-15(16)20(11-12-9-10-12)17(21)13-5-2-1-3-6-13;1-8(12,10(16,17)18)4-2-5(9(13,14)15)7(19)6(11)3-4;1-4(2)3/h1-8,11-12,15H,9-10,13-14H2;1-8,12H,9-11H2;1-8,12H,9-11H2,(H,22,23);2-3H,19H2,1H3;. The third-order valence-electron chi connectivity index (χ3n) is 17.3. The number of carbonyl (C=O) groups excluding carboxylic acids is 5. The Morgan fingerprint density at radius 3 is 1.10 bits per heavy atom. The van der Waals surface area contributed by atoms with Crippen LogP contribution in [0.15, 0.2) is 179 Å². The minimum absolute atomic E-state index is 0.0191. The van der Waals surface area contributed by atoms with Gasteiger partial charge in [0.1, 0.15) is 0 Å². The first-order valence-corrected chi connectivity index (χ1v) is 37.5. The molecule has 1 unspecified atom stereocenters. The molecule has 3 saturated carbocycles. The minimum Gasteiger partial charge on any atom is -0.478 e. The number of nitrogen functional groups attached to an aromatic ring is 1. The summed E-state index contributed by atoms with van der Waals surface area (Å²) < 4.78 is 277. The smallest absolute Gasteiger partial charge is 0.435 e. The number of nitrogens with two attached hydrogens (primary N) is 1. The summed E-state index contributed by atoms with van der Waals surface area (Å²) in [5.41, 5.74) is -14.8. The average molecular weight is 1820 g/mol. The largest absolute Gasteiger partial charge is 0.478 e. The number of benzene rings is 8. The van der Waals surface area contributed by atoms with Crippen LogP contribution >= 0.6 is 64.8 Å². The highest BCUT2D eigenvalue weighted by Crippen LogP contribution is 2.55. The lowest BCUT2D eigenvalue weighted by Crippen LogP contribution is -2.50. The van der Waals surface area contributed by atoms with Crippen molar-refractivity contribution in [3.05, 3.63) is 257 Å². The highest BCUT2D eigenvalue weighted by molar-refractivity contribution is 9.11. The number of halogens is 25. The molecule has 3 fully saturated rings. The van der Waals surface area contributed by atoms with Gasteiger partial charge in [0.2, 0.25) is 14.9 Å². The van der Waals surface area contributed by atoms with Crippen molar-refractivity contribution in [2.75, 3.05) is 40.1 Å². The summed E-state index contributed by atoms with van der Waals surface area (Å²) in [6.07, 6.45) is -25.2. The predicted octanol–water partition coefficient (Wildman–Crippen LogP) is 23.1. The van der Waals surface area contributed by atoms with E-state index in [1.54, 1.807) is 72.8 Å². The van der Waals surface area contributed by atoms with E-state index in [-0.39, 0.29) is 71.5 Å². The zero-order chi connectivity index (χ0) is 84.4. The Balaban J connectivity index is 0.000000218. The van der Waals surface area contributed by atoms with E-state index in [0.717, 1.165) is 55.6 Å². The highest BCUT2D eigenvalue weighted by atomic mass is 79.9. The summed E-state index contributed by atoms with van der Waals surface area (Å²) in [6.45, 7) is 1.04. The summed E-state index contributed by atoms with van der Waals surface area (Å²) in [5, 5.41) is 8.21. The number of rotatable bonds is 19. The fourth-order valence-electron chi connectivity index (χ4n) is 10.8. The second kappa shape index (κ2) is 37.3. The Morgan fingerprint density at radius 1 is 0.460 bits per heavy atom. The van der Waals surface area contributed by atoms with E-state index in [9.17, 15) is 112 Å². The summed E-state index contributed by atoms with van der Waals surface area (Å²) >= 11 is 10.5. The van der Waals surface area contributed by atoms with Gasteiger partial charge in [-0.2, -0.15) is 65.9 Å². The topological polar surface area (TPSA) is 175 Å². The van der Waals surface area contributed by atoms with E-state index < -0.39 is 158 Å². The summed E-state index contributed by atoms with van der Waals surface area (Å²) in [4.78, 5) is 78.2. The van der Waals surface area contributed by atoms with Gasteiger partial charge in [0.25, 0.3) is 23.0 Å². The Kier molecular flexibility index (Phi) is 30.2. The lowest BCUT2D eigenvalue weighted by Gasteiger charge is -2.31. The lowest BCUT2D eigenvalue weighted by atomic mass is 9.89. The number of anilines is 4. The van der Waals surface area contributed by atoms with Gasteiger partial charge < -0.3 is 25.5 Å². The van der Waals surface area contributed by atoms with Gasteiger partial charge in [-0.25, -0.2) is 31.0 Å². The van der Waals surface area contributed by atoms with Gasteiger partial charge in [0.05, 0.1) is 50.6 Å². The summed E-state index contributed by atoms with van der Waals surface area (Å²) in [6, 6.07) is 36.6. The van der Waals surface area contributed by atoms with Gasteiger partial charge in [0, 0.05) is 78.6 Å². The minimum atomic E-state index is -6.70. The van der Waals surface area contributed by atoms with Crippen LogP contribution in [0.3, 0.4) is 0 Å². The SMILES string of the molecule is CC(F)(c1cc(Br)c(N)c(C(F)(F)F)c1)C(F)(F)F.O=C(Cc1c(Br)cc(C(F)(C(F)(F)F)C(F)(F)F)cc1C(F)(F)F)c1cccc(N(CC2CC2)C(=O)c2ccccc2)c1F.O=C(Cl)c1cccc(N(CC2CC2)C(=O)c2ccccc2)c1F.O=C(O)c1cccc(N(CC2CC2)C(=O)c2ccccc2)c1F.O=S(Cl)Cl. The Morgan fingerprint density at radius 2 is 0.779 bits per heavy atom. The molecule has 38 heteroatoms. The maximum Gasteiger partial charge on any atom is 0.435 e. The maximum atomic E-state index is 15.8. The zero-order valence-electron chi connectivity index (χ0n) is 57.6. The molecule has 3 aliphatic rings. The van der Waals surface area contributed by atoms with Crippen molar-refractivity contribution >= 4 is 132 Å². The van der Waals surface area contributed by atoms with Crippen molar-refractivity contribution in [3.63, 3.8) is 0 Å². The third kappa shape index (κ3) is 23.3. The monoisotopic (exact) mass is 1820 g/mol. The average Bonchev–Trinajstić information content (AvgIpc) is 1.71. The number of nitrogens with zero attached hydrogens (tertiary/aromatic N) is 3. The number of hydrogen-bond acceptors (Lipinski definition) is 8. The van der Waals surface area contributed by atoms with Gasteiger partial charge in [-0.15, -0.1) is 0 Å². The number of aromatic carboxylic acids is 1. The molecule has 3 aliphatic carbocycles. The van der Waals surface area contributed by atoms with Crippen molar-refractivity contribution < 1.29 is 126 Å². The first kappa shape index (κ1) is 91.5. The van der Waals surface area contributed by atoms with Crippen LogP contribution in [0.25, 0.3) is 0 Å². The molecule has 3 amide bonds. The fourth-order valence-corrected chi connectivity index (χ4v) is 12.0. The van der Waals surface area contributed by atoms with Crippen molar-refractivity contribution in [3.8, 4) is 0 Å². The van der Waals surface area contributed by atoms with E-state index in [1.165, 1.54) is 64.4 Å². The van der Waals surface area contributed by atoms with E-state index in [2.05, 4.69) is 53.2 Å². The quantitative estimate of drug-likeness (QED) is 0.0345. The third-order valence-corrected chi connectivity index (χ3v) is 18.9. The van der Waals surface area contributed by atoms with Gasteiger partial charge in [-0.3, -0.25) is 24.0 Å². The molecule has 11 rings (SSSR count). The highest BCUT2D eigenvalue weighted by Gasteiger charge is 2.74. The molecule has 1 atom stereocenters. The van der Waals surface area contributed by atoms with Crippen LogP contribution in [-0.4, -0.2) is 82.2 Å². The van der Waals surface area contributed by atoms with Crippen molar-refractivity contribution in [2.24, 2.45) is 17.8 Å². The molecular weight excluding hydrogens is 1760 g/mol. The lowest BCUT2D eigenvalue weighted by molar-refractivity contribution is -0.348. The van der Waals surface area contributed by atoms with Gasteiger partial charge in [0.15, 0.2) is 23.2 Å². The van der Waals surface area contributed by atoms with Crippen molar-refractivity contribution in [1.82, 2.24) is 0 Å². The van der Waals surface area contributed by atoms with Crippen LogP contribution in [0.5, 0.6) is 0 Å². The Hall–Kier alpha value is -8.64. The molecule has 8 aromatic carbocycles. The van der Waals surface area contributed by atoms with Gasteiger partial charge >= 0.3 is 42.5 Å². The fraction of sp³-hybridized carbons (Fsp3) is 0.280. The summed E-state index contributed by atoms with van der Waals surface area (Å²) in [7, 11) is 7.36. The van der Waals surface area contributed by atoms with E-state index in [0.29, 0.717) is 42.1 Å². The van der Waals surface area contributed by atoms with Crippen LogP contribution in [0.4, 0.5) is 111 Å². The number of amides is 3. The molecule has 0 heterocycles. The number of carbonyl (C=O) groups is 6. The number of alkyl halides is 17. The number of ketones is 1. The van der Waals surface area contributed by atoms with Crippen molar-refractivity contribution in [2.45, 2.75) is 94.1 Å². The van der Waals surface area contributed by atoms with E-state index >= 15 is 4.39 Å². The molecule has 3 N–H and O–H groups in total. The maximum absolute atomic E-state index is 15.8. The van der Waals surface area contributed by atoms with E-state index in [1.807, 2.05) is 6.07 Å². The molecule has 0 bridgehead atoms. The normalized spacial score (nSPS) is 14.2. The molecular formula is C75H57Br2Cl3F20N4O8S. The second-order valence-corrected chi connectivity index (χ2v) is 30.1. The zero-order valence-corrected chi connectivity index (χ0v) is 63.8. The van der Waals surface area contributed by atoms with Gasteiger partial charge in [-0.1, -0.05) is 88.7 Å². The molecule has 8 aromatic rings.